The molecule has 0 atom stereocenters. The largest absolute Gasteiger partial charge is 0.468 e. The van der Waals surface area contributed by atoms with Gasteiger partial charge in [-0.25, -0.2) is 0 Å². The van der Waals surface area contributed by atoms with Crippen LogP contribution in [0.5, 0.6) is 0 Å². The van der Waals surface area contributed by atoms with Crippen LogP contribution in [-0.4, -0.2) is 40.2 Å². The van der Waals surface area contributed by atoms with Crippen LogP contribution in [0.2, 0.25) is 0 Å². The van der Waals surface area contributed by atoms with Crippen LogP contribution in [0.3, 0.4) is 0 Å². The molecule has 1 amide bonds. The van der Waals surface area contributed by atoms with Crippen molar-refractivity contribution in [1.82, 2.24) is 15.1 Å². The van der Waals surface area contributed by atoms with E-state index in [4.69, 9.17) is 0 Å². The third-order valence-corrected chi connectivity index (χ3v) is 2.66. The number of halogens is 1. The van der Waals surface area contributed by atoms with Gasteiger partial charge in [-0.15, -0.1) is 0 Å². The molecule has 0 aliphatic heterocycles. The molecule has 1 rings (SSSR count). The molecule has 19 heavy (non-hydrogen) atoms. The molecule has 9 nitrogen and oxygen atoms in total. The molecule has 0 radical (unpaired) electrons. The molecule has 0 spiro atoms. The van der Waals surface area contributed by atoms with Crippen LogP contribution in [0.1, 0.15) is 6.42 Å². The van der Waals surface area contributed by atoms with Gasteiger partial charge in [0.05, 0.1) is 25.0 Å². The Morgan fingerprint density at radius 2 is 2.32 bits per heavy atom. The van der Waals surface area contributed by atoms with E-state index in [-0.39, 0.29) is 35.7 Å². The lowest BCUT2D eigenvalue weighted by molar-refractivity contribution is -0.390. The van der Waals surface area contributed by atoms with Gasteiger partial charge in [0, 0.05) is 6.42 Å². The molecule has 0 saturated heterocycles. The normalized spacial score (nSPS) is 10.0. The predicted octanol–water partition coefficient (Wildman–Crippen LogP) is 0.233. The van der Waals surface area contributed by atoms with Gasteiger partial charge in [0.1, 0.15) is 11.0 Å². The number of aromatic nitrogens is 2. The van der Waals surface area contributed by atoms with Gasteiger partial charge in [0.25, 0.3) is 0 Å². The molecule has 1 aromatic heterocycles. The van der Waals surface area contributed by atoms with Crippen molar-refractivity contribution in [3.63, 3.8) is 0 Å². The van der Waals surface area contributed by atoms with E-state index in [0.29, 0.717) is 0 Å². The highest BCUT2D eigenvalue weighted by Gasteiger charge is 2.18. The van der Waals surface area contributed by atoms with Crippen LogP contribution in [0.25, 0.3) is 0 Å². The first-order chi connectivity index (χ1) is 8.93. The third-order valence-electron chi connectivity index (χ3n) is 2.10. The number of nitrogens with zero attached hydrogens (tertiary/aromatic N) is 3. The first-order valence-electron chi connectivity index (χ1n) is 5.15. The van der Waals surface area contributed by atoms with Gasteiger partial charge in [0.15, 0.2) is 0 Å². The number of hydrogen-bond donors (Lipinski definition) is 1. The minimum atomic E-state index is -0.627. The van der Waals surface area contributed by atoms with Gasteiger partial charge in [-0.1, -0.05) is 0 Å². The van der Waals surface area contributed by atoms with E-state index in [1.165, 1.54) is 18.0 Å². The second-order valence-electron chi connectivity index (χ2n) is 3.42. The second kappa shape index (κ2) is 6.83. The summed E-state index contributed by atoms with van der Waals surface area (Å²) in [6, 6.07) is 0. The lowest BCUT2D eigenvalue weighted by atomic mass is 10.4. The first kappa shape index (κ1) is 15.1. The summed E-state index contributed by atoms with van der Waals surface area (Å²) >= 11 is 3.00. The number of nitrogens with one attached hydrogen (secondary N) is 1. The number of aryl methyl sites for hydroxylation is 1. The molecule has 1 N–H and O–H groups in total. The first-order valence-corrected chi connectivity index (χ1v) is 5.94. The monoisotopic (exact) mass is 334 g/mol. The maximum atomic E-state index is 11.4. The van der Waals surface area contributed by atoms with E-state index in [1.54, 1.807) is 0 Å². The molecule has 1 heterocycles. The number of nitro groups is 1. The summed E-state index contributed by atoms with van der Waals surface area (Å²) in [5.74, 6) is -1.24. The quantitative estimate of drug-likeness (QED) is 0.452. The summed E-state index contributed by atoms with van der Waals surface area (Å²) in [7, 11) is 1.22. The summed E-state index contributed by atoms with van der Waals surface area (Å²) in [4.78, 5) is 32.1. The average Bonchev–Trinajstić information content (AvgIpc) is 2.74. The van der Waals surface area contributed by atoms with E-state index in [1.807, 2.05) is 0 Å². The summed E-state index contributed by atoms with van der Waals surface area (Å²) in [6.45, 7) is -0.0439. The molecule has 0 bridgehead atoms. The number of amides is 1. The molecule has 0 unspecified atom stereocenters. The Hall–Kier alpha value is -1.97. The zero-order chi connectivity index (χ0) is 14.4. The van der Waals surface area contributed by atoms with Crippen molar-refractivity contribution in [3.05, 3.63) is 20.8 Å². The Morgan fingerprint density at radius 3 is 2.84 bits per heavy atom. The zero-order valence-corrected chi connectivity index (χ0v) is 11.5. The number of carbonyl (C=O) groups is 2. The van der Waals surface area contributed by atoms with Gasteiger partial charge in [0.2, 0.25) is 5.91 Å². The fourth-order valence-electron chi connectivity index (χ4n) is 1.17. The zero-order valence-electron chi connectivity index (χ0n) is 9.96. The molecule has 0 aliphatic rings. The fraction of sp³-hybridized carbons (Fsp3) is 0.444. The summed E-state index contributed by atoms with van der Waals surface area (Å²) < 4.78 is 5.88. The Morgan fingerprint density at radius 1 is 1.63 bits per heavy atom. The number of ether oxygens (including phenoxy) is 1. The van der Waals surface area contributed by atoms with E-state index in [2.05, 4.69) is 31.1 Å². The van der Waals surface area contributed by atoms with Crippen LogP contribution in [0, 0.1) is 10.1 Å². The van der Waals surface area contributed by atoms with Crippen molar-refractivity contribution in [2.75, 3.05) is 13.7 Å². The van der Waals surface area contributed by atoms with Crippen molar-refractivity contribution in [1.29, 1.82) is 0 Å². The summed E-state index contributed by atoms with van der Waals surface area (Å²) in [5.41, 5.74) is 0. The molecule has 0 aromatic carbocycles. The van der Waals surface area contributed by atoms with Gasteiger partial charge in [-0.05, 0) is 20.9 Å². The van der Waals surface area contributed by atoms with Crippen molar-refractivity contribution in [3.8, 4) is 0 Å². The molecule has 104 valence electrons. The molecule has 0 aliphatic carbocycles. The van der Waals surface area contributed by atoms with E-state index >= 15 is 0 Å². The minimum absolute atomic E-state index is 0.0439. The molecule has 10 heteroatoms. The topological polar surface area (TPSA) is 116 Å². The van der Waals surface area contributed by atoms with Crippen LogP contribution in [0.4, 0.5) is 5.82 Å². The van der Waals surface area contributed by atoms with Crippen molar-refractivity contribution >= 4 is 33.6 Å². The Labute approximate surface area is 116 Å². The van der Waals surface area contributed by atoms with Crippen molar-refractivity contribution < 1.29 is 19.2 Å². The maximum absolute atomic E-state index is 11.4. The highest BCUT2D eigenvalue weighted by Crippen LogP contribution is 2.21. The van der Waals surface area contributed by atoms with Crippen molar-refractivity contribution in [2.45, 2.75) is 13.0 Å². The standard InChI is InChI=1S/C9H11BrN4O5/c1-19-8(16)4-11-7(15)2-3-13-5-6(10)9(12-13)14(17)18/h5H,2-4H2,1H3,(H,11,15). The van der Waals surface area contributed by atoms with Gasteiger partial charge in [-0.3, -0.25) is 9.59 Å². The van der Waals surface area contributed by atoms with Gasteiger partial charge in [-0.2, -0.15) is 4.68 Å². The summed E-state index contributed by atoms with van der Waals surface area (Å²) in [5, 5.41) is 16.6. The highest BCUT2D eigenvalue weighted by atomic mass is 79.9. The number of rotatable bonds is 6. The van der Waals surface area contributed by atoms with E-state index < -0.39 is 10.9 Å². The lowest BCUT2D eigenvalue weighted by Crippen LogP contribution is -2.30. The van der Waals surface area contributed by atoms with Crippen molar-refractivity contribution in [2.24, 2.45) is 0 Å². The Balaban J connectivity index is 2.44. The van der Waals surface area contributed by atoms with Crippen LogP contribution in [0.15, 0.2) is 10.7 Å². The number of esters is 1. The van der Waals surface area contributed by atoms with Crippen LogP contribution < -0.4 is 5.32 Å². The van der Waals surface area contributed by atoms with E-state index in [0.717, 1.165) is 0 Å². The van der Waals surface area contributed by atoms with Gasteiger partial charge >= 0.3 is 11.8 Å². The SMILES string of the molecule is COC(=O)CNC(=O)CCn1cc(Br)c([N+](=O)[O-])n1. The molecular formula is C9H11BrN4O5. The lowest BCUT2D eigenvalue weighted by Gasteiger charge is -2.02. The van der Waals surface area contributed by atoms with Crippen LogP contribution in [-0.2, 0) is 20.9 Å². The number of methoxy groups -OCH3 is 1. The Bertz CT molecular complexity index is 501. The Kier molecular flexibility index (Phi) is 5.42. The summed E-state index contributed by atoms with van der Waals surface area (Å²) in [6.07, 6.45) is 1.45. The molecule has 0 fully saturated rings. The smallest absolute Gasteiger partial charge is 0.404 e. The van der Waals surface area contributed by atoms with E-state index in [9.17, 15) is 19.7 Å². The molecular weight excluding hydrogens is 324 g/mol. The number of carbonyl (C=O) groups excluding carboxylic acids is 2. The minimum Gasteiger partial charge on any atom is -0.468 e. The highest BCUT2D eigenvalue weighted by molar-refractivity contribution is 9.10. The molecule has 1 aromatic rings. The maximum Gasteiger partial charge on any atom is 0.404 e. The predicted molar refractivity (Wildman–Crippen MR) is 66.2 cm³/mol. The van der Waals surface area contributed by atoms with Crippen LogP contribution >= 0.6 is 15.9 Å². The fourth-order valence-corrected chi connectivity index (χ4v) is 1.63. The second-order valence-corrected chi connectivity index (χ2v) is 4.28. The number of hydrogen-bond acceptors (Lipinski definition) is 6. The molecule has 0 saturated carbocycles. The third kappa shape index (κ3) is 4.66. The average molecular weight is 335 g/mol. The van der Waals surface area contributed by atoms with Gasteiger partial charge < -0.3 is 20.2 Å².